The molecule has 1 saturated heterocycles. The van der Waals surface area contributed by atoms with E-state index in [0.29, 0.717) is 18.5 Å². The van der Waals surface area contributed by atoms with Gasteiger partial charge in [-0.2, -0.15) is 5.26 Å². The Morgan fingerprint density at radius 2 is 2.07 bits per heavy atom. The quantitative estimate of drug-likeness (QED) is 0.768. The fourth-order valence-electron chi connectivity index (χ4n) is 4.41. The molecule has 1 spiro atoms. The van der Waals surface area contributed by atoms with Gasteiger partial charge in [-0.1, -0.05) is 18.2 Å². The van der Waals surface area contributed by atoms with Crippen LogP contribution in [0.4, 0.5) is 5.69 Å². The molecule has 0 radical (unpaired) electrons. The van der Waals surface area contributed by atoms with E-state index in [4.69, 9.17) is 0 Å². The van der Waals surface area contributed by atoms with Gasteiger partial charge in [-0.15, -0.1) is 0 Å². The summed E-state index contributed by atoms with van der Waals surface area (Å²) in [4.78, 5) is 25.1. The van der Waals surface area contributed by atoms with Crippen molar-refractivity contribution in [2.45, 2.75) is 24.8 Å². The van der Waals surface area contributed by atoms with Gasteiger partial charge in [0.15, 0.2) is 0 Å². The average Bonchev–Trinajstić information content (AvgIpc) is 3.29. The summed E-state index contributed by atoms with van der Waals surface area (Å²) in [5.74, 6) is 0.126. The number of H-pyrrole nitrogens is 1. The standard InChI is InChI=1S/C22H21N5O/c23-14-17-4-2-1-3-16(17)13-20(28)27-12-11-26(15-22(27)7-8-22)19-6-10-25-21-18(19)5-9-24-21/h1-6,9-10H,7-8,11-13,15H2,(H,24,25). The van der Waals surface area contributed by atoms with E-state index in [2.05, 4.69) is 38.0 Å². The third-order valence-corrected chi connectivity index (χ3v) is 6.04. The van der Waals surface area contributed by atoms with Crippen molar-refractivity contribution in [1.82, 2.24) is 14.9 Å². The maximum absolute atomic E-state index is 13.1. The third-order valence-electron chi connectivity index (χ3n) is 6.04. The molecule has 1 amide bonds. The lowest BCUT2D eigenvalue weighted by atomic mass is 10.0. The van der Waals surface area contributed by atoms with Gasteiger partial charge >= 0.3 is 0 Å². The summed E-state index contributed by atoms with van der Waals surface area (Å²) in [7, 11) is 0. The van der Waals surface area contributed by atoms with Crippen LogP contribution in [0.1, 0.15) is 24.0 Å². The minimum Gasteiger partial charge on any atom is -0.367 e. The van der Waals surface area contributed by atoms with Gasteiger partial charge in [0.1, 0.15) is 5.65 Å². The lowest BCUT2D eigenvalue weighted by Crippen LogP contribution is -2.57. The zero-order valence-electron chi connectivity index (χ0n) is 15.6. The van der Waals surface area contributed by atoms with Gasteiger partial charge in [0.25, 0.3) is 0 Å². The molecule has 1 N–H and O–H groups in total. The number of carbonyl (C=O) groups excluding carboxylic acids is 1. The van der Waals surface area contributed by atoms with Gasteiger partial charge in [0, 0.05) is 43.1 Å². The fourth-order valence-corrected chi connectivity index (χ4v) is 4.41. The number of nitrogens with zero attached hydrogens (tertiary/aromatic N) is 4. The largest absolute Gasteiger partial charge is 0.367 e. The second kappa shape index (κ2) is 6.38. The van der Waals surface area contributed by atoms with Crippen LogP contribution >= 0.6 is 0 Å². The monoisotopic (exact) mass is 371 g/mol. The molecule has 140 valence electrons. The Morgan fingerprint density at radius 3 is 2.89 bits per heavy atom. The van der Waals surface area contributed by atoms with E-state index in [9.17, 15) is 10.1 Å². The van der Waals surface area contributed by atoms with Crippen LogP contribution in [0.25, 0.3) is 11.0 Å². The molecule has 1 aliphatic heterocycles. The van der Waals surface area contributed by atoms with Crippen molar-refractivity contribution in [3.05, 3.63) is 59.9 Å². The van der Waals surface area contributed by atoms with Crippen LogP contribution in [0.15, 0.2) is 48.8 Å². The minimum atomic E-state index is -0.0666. The van der Waals surface area contributed by atoms with Gasteiger partial charge in [0.2, 0.25) is 5.91 Å². The highest BCUT2D eigenvalue weighted by atomic mass is 16.2. The lowest BCUT2D eigenvalue weighted by molar-refractivity contribution is -0.134. The molecule has 28 heavy (non-hydrogen) atoms. The van der Waals surface area contributed by atoms with Crippen LogP contribution in [-0.4, -0.2) is 45.9 Å². The first kappa shape index (κ1) is 16.8. The van der Waals surface area contributed by atoms with Gasteiger partial charge in [0.05, 0.1) is 23.6 Å². The molecule has 5 rings (SSSR count). The second-order valence-corrected chi connectivity index (χ2v) is 7.71. The molecule has 6 nitrogen and oxygen atoms in total. The van der Waals surface area contributed by atoms with E-state index in [1.54, 1.807) is 6.07 Å². The number of rotatable bonds is 3. The number of hydrogen-bond donors (Lipinski definition) is 1. The van der Waals surface area contributed by atoms with Gasteiger partial charge < -0.3 is 14.8 Å². The average molecular weight is 371 g/mol. The molecule has 3 aromatic rings. The molecule has 6 heteroatoms. The topological polar surface area (TPSA) is 76.0 Å². The van der Waals surface area contributed by atoms with Gasteiger partial charge in [-0.25, -0.2) is 4.98 Å². The van der Waals surface area contributed by atoms with Crippen molar-refractivity contribution in [2.75, 3.05) is 24.5 Å². The predicted molar refractivity (Wildman–Crippen MR) is 107 cm³/mol. The summed E-state index contributed by atoms with van der Waals surface area (Å²) in [6, 6.07) is 13.7. The Hall–Kier alpha value is -3.33. The molecule has 1 aliphatic carbocycles. The number of aromatic amines is 1. The molecule has 2 aromatic heterocycles. The first-order chi connectivity index (χ1) is 13.7. The minimum absolute atomic E-state index is 0.0666. The second-order valence-electron chi connectivity index (χ2n) is 7.71. The van der Waals surface area contributed by atoms with E-state index in [1.807, 2.05) is 30.6 Å². The third kappa shape index (κ3) is 2.71. The molecule has 0 atom stereocenters. The van der Waals surface area contributed by atoms with Crippen molar-refractivity contribution >= 4 is 22.6 Å². The summed E-state index contributed by atoms with van der Waals surface area (Å²) in [5, 5.41) is 10.4. The maximum Gasteiger partial charge on any atom is 0.227 e. The molecule has 0 bridgehead atoms. The zero-order chi connectivity index (χ0) is 19.1. The van der Waals surface area contributed by atoms with E-state index in [1.165, 1.54) is 5.69 Å². The SMILES string of the molecule is N#Cc1ccccc1CC(=O)N1CCN(c2ccnc3[nH]ccc23)CC12CC2. The number of benzene rings is 1. The van der Waals surface area contributed by atoms with Crippen molar-refractivity contribution in [3.63, 3.8) is 0 Å². The summed E-state index contributed by atoms with van der Waals surface area (Å²) in [5.41, 5.74) is 3.42. The molecule has 0 unspecified atom stereocenters. The molecular formula is C22H21N5O. The summed E-state index contributed by atoms with van der Waals surface area (Å²) < 4.78 is 0. The number of nitriles is 1. The molecule has 2 aliphatic rings. The Labute approximate surface area is 163 Å². The molecule has 1 saturated carbocycles. The number of aromatic nitrogens is 2. The normalized spacial score (nSPS) is 17.7. The zero-order valence-corrected chi connectivity index (χ0v) is 15.6. The van der Waals surface area contributed by atoms with Crippen LogP contribution in [0.2, 0.25) is 0 Å². The smallest absolute Gasteiger partial charge is 0.227 e. The molecule has 1 aromatic carbocycles. The Balaban J connectivity index is 1.36. The van der Waals surface area contributed by atoms with Crippen LogP contribution in [0, 0.1) is 11.3 Å². The van der Waals surface area contributed by atoms with Crippen LogP contribution in [-0.2, 0) is 11.2 Å². The first-order valence-corrected chi connectivity index (χ1v) is 9.66. The van der Waals surface area contributed by atoms with E-state index in [-0.39, 0.29) is 11.4 Å². The number of piperazine rings is 1. The van der Waals surface area contributed by atoms with Crippen LogP contribution < -0.4 is 4.90 Å². The van der Waals surface area contributed by atoms with Gasteiger partial charge in [-0.3, -0.25) is 4.79 Å². The summed E-state index contributed by atoms with van der Waals surface area (Å²) in [6.45, 7) is 2.36. The van der Waals surface area contributed by atoms with E-state index in [0.717, 1.165) is 42.5 Å². The number of anilines is 1. The highest BCUT2D eigenvalue weighted by Gasteiger charge is 2.53. The Kier molecular flexibility index (Phi) is 3.83. The Morgan fingerprint density at radius 1 is 1.21 bits per heavy atom. The predicted octanol–water partition coefficient (Wildman–Crippen LogP) is 2.86. The molecule has 2 fully saturated rings. The number of pyridine rings is 1. The summed E-state index contributed by atoms with van der Waals surface area (Å²) >= 11 is 0. The maximum atomic E-state index is 13.1. The highest BCUT2D eigenvalue weighted by Crippen LogP contribution is 2.46. The molecule has 3 heterocycles. The first-order valence-electron chi connectivity index (χ1n) is 9.66. The van der Waals surface area contributed by atoms with Crippen molar-refractivity contribution in [3.8, 4) is 6.07 Å². The van der Waals surface area contributed by atoms with Crippen molar-refractivity contribution in [2.24, 2.45) is 0 Å². The Bertz CT molecular complexity index is 1090. The fraction of sp³-hybridized carbons (Fsp3) is 0.318. The number of fused-ring (bicyclic) bond motifs is 1. The van der Waals surface area contributed by atoms with E-state index < -0.39 is 0 Å². The van der Waals surface area contributed by atoms with Crippen molar-refractivity contribution < 1.29 is 4.79 Å². The summed E-state index contributed by atoms with van der Waals surface area (Å²) in [6.07, 6.45) is 6.13. The number of hydrogen-bond acceptors (Lipinski definition) is 4. The number of amides is 1. The van der Waals surface area contributed by atoms with E-state index >= 15 is 0 Å². The van der Waals surface area contributed by atoms with Crippen LogP contribution in [0.5, 0.6) is 0 Å². The number of nitrogens with one attached hydrogen (secondary N) is 1. The van der Waals surface area contributed by atoms with Crippen molar-refractivity contribution in [1.29, 1.82) is 5.26 Å². The van der Waals surface area contributed by atoms with Crippen LogP contribution in [0.3, 0.4) is 0 Å². The lowest BCUT2D eigenvalue weighted by Gasteiger charge is -2.43. The molecular weight excluding hydrogens is 350 g/mol. The highest BCUT2D eigenvalue weighted by molar-refractivity contribution is 5.90. The number of carbonyl (C=O) groups is 1. The van der Waals surface area contributed by atoms with Gasteiger partial charge in [-0.05, 0) is 36.6 Å².